The second kappa shape index (κ2) is 16.1. The van der Waals surface area contributed by atoms with E-state index >= 15 is 0 Å². The number of benzene rings is 4. The van der Waals surface area contributed by atoms with Gasteiger partial charge in [-0.2, -0.15) is 0 Å². The van der Waals surface area contributed by atoms with Crippen molar-refractivity contribution >= 4 is 45.2 Å². The van der Waals surface area contributed by atoms with Crippen LogP contribution >= 0.6 is 15.9 Å². The summed E-state index contributed by atoms with van der Waals surface area (Å²) < 4.78 is 18.4. The van der Waals surface area contributed by atoms with Crippen LogP contribution in [0, 0.1) is 0 Å². The van der Waals surface area contributed by atoms with Crippen LogP contribution in [0.5, 0.6) is 11.5 Å². The molecule has 244 valence electrons. The average Bonchev–Trinajstić information content (AvgIpc) is 3.49. The lowest BCUT2D eigenvalue weighted by molar-refractivity contribution is -0.135. The number of rotatable bonds is 13. The molecule has 1 aliphatic heterocycles. The van der Waals surface area contributed by atoms with E-state index in [4.69, 9.17) is 14.2 Å². The van der Waals surface area contributed by atoms with Crippen LogP contribution in [0.3, 0.4) is 0 Å². The first kappa shape index (κ1) is 33.5. The molecule has 0 saturated carbocycles. The molecule has 10 nitrogen and oxygen atoms in total. The number of nitrogens with zero attached hydrogens (tertiary/aromatic N) is 1. The van der Waals surface area contributed by atoms with E-state index in [9.17, 15) is 19.5 Å². The molecule has 0 spiro atoms. The number of amides is 3. The zero-order valence-corrected chi connectivity index (χ0v) is 27.4. The molecular formula is C36H36BrN3O7. The third-order valence-electron chi connectivity index (χ3n) is 7.86. The van der Waals surface area contributed by atoms with E-state index in [-0.39, 0.29) is 36.6 Å². The summed E-state index contributed by atoms with van der Waals surface area (Å²) in [5, 5.41) is 14.8. The minimum atomic E-state index is -1.01. The number of hydrogen-bond acceptors (Lipinski definition) is 6. The molecule has 1 aliphatic rings. The number of ether oxygens (including phenoxy) is 3. The summed E-state index contributed by atoms with van der Waals surface area (Å²) in [7, 11) is 1.51. The zero-order chi connectivity index (χ0) is 33.2. The highest BCUT2D eigenvalue weighted by Crippen LogP contribution is 2.30. The quantitative estimate of drug-likeness (QED) is 0.137. The molecule has 3 N–H and O–H groups in total. The summed E-state index contributed by atoms with van der Waals surface area (Å²) in [6.45, 7) is 1.08. The van der Waals surface area contributed by atoms with E-state index in [1.165, 1.54) is 19.2 Å². The fourth-order valence-corrected chi connectivity index (χ4v) is 5.91. The van der Waals surface area contributed by atoms with Crippen LogP contribution in [0.1, 0.15) is 34.3 Å². The SMILES string of the molecule is COc1cc(CC(=O)N2[C@@H](COCc3ccccc3)CC[C@H]2COc2ccc(C(=O)O)cc2)ccc1NC(=O)Nc1ccccc1Br. The number of para-hydroxylation sites is 1. The highest BCUT2D eigenvalue weighted by molar-refractivity contribution is 9.10. The van der Waals surface area contributed by atoms with Gasteiger partial charge in [0.2, 0.25) is 5.91 Å². The molecule has 5 rings (SSSR count). The van der Waals surface area contributed by atoms with E-state index in [1.54, 1.807) is 36.4 Å². The number of nitrogens with one attached hydrogen (secondary N) is 2. The van der Waals surface area contributed by atoms with Gasteiger partial charge in [0.1, 0.15) is 18.1 Å². The van der Waals surface area contributed by atoms with Crippen molar-refractivity contribution in [3.8, 4) is 11.5 Å². The van der Waals surface area contributed by atoms with Gasteiger partial charge in [0.15, 0.2) is 0 Å². The van der Waals surface area contributed by atoms with Gasteiger partial charge < -0.3 is 34.9 Å². The van der Waals surface area contributed by atoms with Crippen molar-refractivity contribution < 1.29 is 33.7 Å². The molecule has 11 heteroatoms. The van der Waals surface area contributed by atoms with Gasteiger partial charge in [-0.15, -0.1) is 0 Å². The van der Waals surface area contributed by atoms with Crippen molar-refractivity contribution in [1.82, 2.24) is 4.90 Å². The van der Waals surface area contributed by atoms with Crippen LogP contribution in [0.4, 0.5) is 16.2 Å². The number of halogens is 1. The summed E-state index contributed by atoms with van der Waals surface area (Å²) in [5.41, 5.74) is 3.03. The number of likely N-dealkylation sites (tertiary alicyclic amines) is 1. The smallest absolute Gasteiger partial charge is 0.335 e. The number of carboxylic acids is 1. The van der Waals surface area contributed by atoms with Crippen molar-refractivity contribution in [3.05, 3.63) is 118 Å². The van der Waals surface area contributed by atoms with Gasteiger partial charge in [-0.05, 0) is 88.4 Å². The molecule has 3 amide bonds. The zero-order valence-electron chi connectivity index (χ0n) is 25.9. The Labute approximate surface area is 281 Å². The van der Waals surface area contributed by atoms with Gasteiger partial charge in [0.05, 0.1) is 55.8 Å². The van der Waals surface area contributed by atoms with Crippen LogP contribution in [0.2, 0.25) is 0 Å². The van der Waals surface area contributed by atoms with Crippen LogP contribution < -0.4 is 20.1 Å². The van der Waals surface area contributed by atoms with Crippen LogP contribution in [-0.4, -0.2) is 60.3 Å². The number of carbonyl (C=O) groups excluding carboxylic acids is 2. The van der Waals surface area contributed by atoms with Crippen molar-refractivity contribution in [2.24, 2.45) is 0 Å². The molecule has 0 aliphatic carbocycles. The Hall–Kier alpha value is -4.87. The molecule has 0 bridgehead atoms. The third kappa shape index (κ3) is 9.11. The summed E-state index contributed by atoms with van der Waals surface area (Å²) >= 11 is 3.42. The molecular weight excluding hydrogens is 666 g/mol. The number of anilines is 2. The molecule has 1 saturated heterocycles. The topological polar surface area (TPSA) is 126 Å². The largest absolute Gasteiger partial charge is 0.495 e. The highest BCUT2D eigenvalue weighted by Gasteiger charge is 2.37. The van der Waals surface area contributed by atoms with Crippen molar-refractivity contribution in [2.45, 2.75) is 38.0 Å². The Morgan fingerprint density at radius 1 is 0.830 bits per heavy atom. The van der Waals surface area contributed by atoms with Gasteiger partial charge in [-0.1, -0.05) is 48.5 Å². The summed E-state index contributed by atoms with van der Waals surface area (Å²) in [6, 6.07) is 27.9. The predicted molar refractivity (Wildman–Crippen MR) is 182 cm³/mol. The molecule has 0 aromatic heterocycles. The van der Waals surface area contributed by atoms with E-state index < -0.39 is 12.0 Å². The number of aromatic carboxylic acids is 1. The summed E-state index contributed by atoms with van der Waals surface area (Å²) in [4.78, 5) is 39.7. The molecule has 4 aromatic rings. The maximum atomic E-state index is 13.9. The molecule has 1 fully saturated rings. The van der Waals surface area contributed by atoms with Gasteiger partial charge in [0.25, 0.3) is 0 Å². The van der Waals surface area contributed by atoms with Gasteiger partial charge in [0, 0.05) is 4.47 Å². The molecule has 0 radical (unpaired) electrons. The van der Waals surface area contributed by atoms with Crippen molar-refractivity contribution in [2.75, 3.05) is 31.0 Å². The van der Waals surface area contributed by atoms with Crippen molar-refractivity contribution in [3.63, 3.8) is 0 Å². The van der Waals surface area contributed by atoms with E-state index in [0.29, 0.717) is 36.1 Å². The van der Waals surface area contributed by atoms with Crippen LogP contribution in [0.25, 0.3) is 0 Å². The fourth-order valence-electron chi connectivity index (χ4n) is 5.52. The van der Waals surface area contributed by atoms with E-state index in [0.717, 1.165) is 28.4 Å². The Kier molecular flexibility index (Phi) is 11.5. The number of carbonyl (C=O) groups is 3. The van der Waals surface area contributed by atoms with Crippen LogP contribution in [-0.2, 0) is 22.6 Å². The first-order valence-electron chi connectivity index (χ1n) is 15.2. The lowest BCUT2D eigenvalue weighted by Crippen LogP contribution is -2.46. The number of urea groups is 1. The van der Waals surface area contributed by atoms with E-state index in [1.807, 2.05) is 53.4 Å². The lowest BCUT2D eigenvalue weighted by Gasteiger charge is -2.30. The third-order valence-corrected chi connectivity index (χ3v) is 8.56. The second-order valence-corrected chi connectivity index (χ2v) is 12.0. The molecule has 47 heavy (non-hydrogen) atoms. The lowest BCUT2D eigenvalue weighted by atomic mass is 10.1. The van der Waals surface area contributed by atoms with Crippen LogP contribution in [0.15, 0.2) is 102 Å². The van der Waals surface area contributed by atoms with Crippen molar-refractivity contribution in [1.29, 1.82) is 0 Å². The summed E-state index contributed by atoms with van der Waals surface area (Å²) in [5.74, 6) is -0.138. The number of hydrogen-bond donors (Lipinski definition) is 3. The Morgan fingerprint density at radius 3 is 2.21 bits per heavy atom. The summed E-state index contributed by atoms with van der Waals surface area (Å²) in [6.07, 6.45) is 1.60. The minimum absolute atomic E-state index is 0.0833. The number of methoxy groups -OCH3 is 1. The maximum absolute atomic E-state index is 13.9. The first-order valence-corrected chi connectivity index (χ1v) is 16.0. The predicted octanol–water partition coefficient (Wildman–Crippen LogP) is 7.00. The first-order chi connectivity index (χ1) is 22.8. The second-order valence-electron chi connectivity index (χ2n) is 11.1. The van der Waals surface area contributed by atoms with Gasteiger partial charge in [-0.3, -0.25) is 4.79 Å². The Balaban J connectivity index is 1.26. The standard InChI is InChI=1S/C36H36BrN3O7/c1-45-33-19-25(11-18-32(33)39-36(44)38-31-10-6-5-9-30(31)37)20-34(41)40-27(22-46-21-24-7-3-2-4-8-24)14-15-28(40)23-47-29-16-12-26(13-17-29)35(42)43/h2-13,16-19,27-28H,14-15,20-23H2,1H3,(H,42,43)(H2,38,39,44)/t27-,28+/m1/s1. The Morgan fingerprint density at radius 2 is 1.51 bits per heavy atom. The molecule has 0 unspecified atom stereocenters. The molecule has 4 aromatic carbocycles. The number of carboxylic acid groups (broad SMARTS) is 1. The minimum Gasteiger partial charge on any atom is -0.495 e. The Bertz CT molecular complexity index is 1680. The maximum Gasteiger partial charge on any atom is 0.335 e. The normalized spacial score (nSPS) is 15.6. The monoisotopic (exact) mass is 701 g/mol. The highest BCUT2D eigenvalue weighted by atomic mass is 79.9. The molecule has 2 atom stereocenters. The van der Waals surface area contributed by atoms with E-state index in [2.05, 4.69) is 26.6 Å². The average molecular weight is 703 g/mol. The fraction of sp³-hybridized carbons (Fsp3) is 0.250. The molecule has 1 heterocycles. The van der Waals surface area contributed by atoms with Gasteiger partial charge in [-0.25, -0.2) is 9.59 Å². The van der Waals surface area contributed by atoms with Gasteiger partial charge >= 0.3 is 12.0 Å².